The number of nitrogens with one attached hydrogen (secondary N) is 2. The first-order chi connectivity index (χ1) is 9.99. The van der Waals surface area contributed by atoms with E-state index in [-0.39, 0.29) is 12.0 Å². The molecule has 1 unspecified atom stereocenters. The molecule has 0 spiro atoms. The van der Waals surface area contributed by atoms with Crippen LogP contribution in [0.5, 0.6) is 0 Å². The molecule has 1 aliphatic rings. The summed E-state index contributed by atoms with van der Waals surface area (Å²) in [5.41, 5.74) is 2.39. The summed E-state index contributed by atoms with van der Waals surface area (Å²) in [6, 6.07) is 6.73. The first kappa shape index (κ1) is 15.4. The van der Waals surface area contributed by atoms with Gasteiger partial charge in [-0.1, -0.05) is 38.1 Å². The zero-order valence-corrected chi connectivity index (χ0v) is 12.4. The predicted molar refractivity (Wildman–Crippen MR) is 80.1 cm³/mol. The van der Waals surface area contributed by atoms with Crippen LogP contribution in [0.15, 0.2) is 24.3 Å². The van der Waals surface area contributed by atoms with Gasteiger partial charge in [0.1, 0.15) is 6.04 Å². The van der Waals surface area contributed by atoms with Crippen LogP contribution >= 0.6 is 0 Å². The van der Waals surface area contributed by atoms with Gasteiger partial charge in [-0.25, -0.2) is 9.59 Å². The number of aliphatic carboxylic acids is 1. The molecule has 0 saturated carbocycles. The normalized spacial score (nSPS) is 18.7. The Kier molecular flexibility index (Phi) is 4.83. The molecule has 0 heterocycles. The van der Waals surface area contributed by atoms with Crippen molar-refractivity contribution in [2.45, 2.75) is 45.2 Å². The van der Waals surface area contributed by atoms with Crippen LogP contribution in [-0.4, -0.2) is 23.1 Å². The maximum atomic E-state index is 12.1. The van der Waals surface area contributed by atoms with Gasteiger partial charge in [-0.05, 0) is 36.3 Å². The van der Waals surface area contributed by atoms with Gasteiger partial charge in [-0.2, -0.15) is 0 Å². The van der Waals surface area contributed by atoms with E-state index in [1.165, 1.54) is 5.56 Å². The predicted octanol–water partition coefficient (Wildman–Crippen LogP) is 2.47. The molecule has 2 rings (SSSR count). The summed E-state index contributed by atoms with van der Waals surface area (Å²) in [7, 11) is 0. The highest BCUT2D eigenvalue weighted by atomic mass is 16.4. The fraction of sp³-hybridized carbons (Fsp3) is 0.500. The minimum Gasteiger partial charge on any atom is -0.480 e. The molecule has 1 aromatic carbocycles. The number of amides is 2. The van der Waals surface area contributed by atoms with Gasteiger partial charge in [-0.3, -0.25) is 0 Å². The number of fused-ring (bicyclic) bond motifs is 1. The zero-order valence-electron chi connectivity index (χ0n) is 12.4. The smallest absolute Gasteiger partial charge is 0.326 e. The summed E-state index contributed by atoms with van der Waals surface area (Å²) >= 11 is 0. The van der Waals surface area contributed by atoms with E-state index in [4.69, 9.17) is 5.11 Å². The Morgan fingerprint density at radius 1 is 1.29 bits per heavy atom. The molecule has 5 heteroatoms. The molecule has 21 heavy (non-hydrogen) atoms. The Bertz CT molecular complexity index is 528. The molecule has 0 bridgehead atoms. The van der Waals surface area contributed by atoms with E-state index in [9.17, 15) is 9.59 Å². The van der Waals surface area contributed by atoms with Crippen LogP contribution in [0, 0.1) is 5.92 Å². The van der Waals surface area contributed by atoms with Gasteiger partial charge in [0.05, 0.1) is 6.04 Å². The summed E-state index contributed by atoms with van der Waals surface area (Å²) in [5, 5.41) is 14.6. The molecular formula is C16H22N2O3. The van der Waals surface area contributed by atoms with Crippen molar-refractivity contribution >= 4 is 12.0 Å². The van der Waals surface area contributed by atoms with Crippen LogP contribution < -0.4 is 10.6 Å². The lowest BCUT2D eigenvalue weighted by Gasteiger charge is -2.27. The van der Waals surface area contributed by atoms with E-state index >= 15 is 0 Å². The molecule has 3 N–H and O–H groups in total. The van der Waals surface area contributed by atoms with Crippen molar-refractivity contribution in [3.63, 3.8) is 0 Å². The van der Waals surface area contributed by atoms with Crippen molar-refractivity contribution < 1.29 is 14.7 Å². The number of carboxylic acids is 1. The number of hydrogen-bond acceptors (Lipinski definition) is 2. The highest BCUT2D eigenvalue weighted by Gasteiger charge is 2.26. The summed E-state index contributed by atoms with van der Waals surface area (Å²) in [5.74, 6) is -1.17. The quantitative estimate of drug-likeness (QED) is 0.797. The standard InChI is InChI=1S/C16H22N2O3/c1-10(2)14(15(19)20)18-16(21)17-13-9-5-7-11-6-3-4-8-12(11)13/h3-4,6,8,10,13-14H,5,7,9H2,1-2H3,(H,19,20)(H2,17,18,21)/t13?,14-/m0/s1. The summed E-state index contributed by atoms with van der Waals surface area (Å²) in [6.07, 6.45) is 2.93. The van der Waals surface area contributed by atoms with E-state index in [1.807, 2.05) is 18.2 Å². The first-order valence-electron chi connectivity index (χ1n) is 7.36. The Morgan fingerprint density at radius 3 is 2.67 bits per heavy atom. The lowest BCUT2D eigenvalue weighted by Crippen LogP contribution is -2.49. The van der Waals surface area contributed by atoms with Gasteiger partial charge >= 0.3 is 12.0 Å². The third-order valence-electron chi connectivity index (χ3n) is 3.89. The Hall–Kier alpha value is -2.04. The molecule has 0 aliphatic heterocycles. The van der Waals surface area contributed by atoms with Crippen molar-refractivity contribution in [1.29, 1.82) is 0 Å². The van der Waals surface area contributed by atoms with Crippen molar-refractivity contribution in [1.82, 2.24) is 10.6 Å². The number of carboxylic acid groups (broad SMARTS) is 1. The van der Waals surface area contributed by atoms with Gasteiger partial charge in [0.15, 0.2) is 0 Å². The second-order valence-electron chi connectivity index (χ2n) is 5.82. The zero-order chi connectivity index (χ0) is 15.4. The van der Waals surface area contributed by atoms with E-state index in [0.717, 1.165) is 24.8 Å². The maximum Gasteiger partial charge on any atom is 0.326 e. The minimum absolute atomic E-state index is 0.0449. The second-order valence-corrected chi connectivity index (χ2v) is 5.82. The van der Waals surface area contributed by atoms with Gasteiger partial charge in [0.25, 0.3) is 0 Å². The molecular weight excluding hydrogens is 268 g/mol. The van der Waals surface area contributed by atoms with Gasteiger partial charge in [0, 0.05) is 0 Å². The van der Waals surface area contributed by atoms with Crippen LogP contribution in [0.1, 0.15) is 43.9 Å². The molecule has 1 aromatic rings. The van der Waals surface area contributed by atoms with E-state index < -0.39 is 18.0 Å². The fourth-order valence-electron chi connectivity index (χ4n) is 2.76. The van der Waals surface area contributed by atoms with Crippen molar-refractivity contribution in [2.24, 2.45) is 5.92 Å². The summed E-state index contributed by atoms with van der Waals surface area (Å²) in [6.45, 7) is 3.55. The van der Waals surface area contributed by atoms with E-state index in [0.29, 0.717) is 0 Å². The molecule has 0 fully saturated rings. The number of urea groups is 1. The van der Waals surface area contributed by atoms with Crippen LogP contribution in [0.25, 0.3) is 0 Å². The molecule has 5 nitrogen and oxygen atoms in total. The lowest BCUT2D eigenvalue weighted by atomic mass is 9.88. The lowest BCUT2D eigenvalue weighted by molar-refractivity contribution is -0.140. The highest BCUT2D eigenvalue weighted by Crippen LogP contribution is 2.29. The van der Waals surface area contributed by atoms with E-state index in [1.54, 1.807) is 13.8 Å². The molecule has 0 aromatic heterocycles. The fourth-order valence-corrected chi connectivity index (χ4v) is 2.76. The number of carbonyl (C=O) groups is 2. The highest BCUT2D eigenvalue weighted by molar-refractivity contribution is 5.83. The number of aryl methyl sites for hydroxylation is 1. The molecule has 2 amide bonds. The maximum absolute atomic E-state index is 12.1. The average molecular weight is 290 g/mol. The largest absolute Gasteiger partial charge is 0.480 e. The summed E-state index contributed by atoms with van der Waals surface area (Å²) < 4.78 is 0. The average Bonchev–Trinajstić information content (AvgIpc) is 2.44. The van der Waals surface area contributed by atoms with Crippen LogP contribution in [0.2, 0.25) is 0 Å². The van der Waals surface area contributed by atoms with Crippen molar-refractivity contribution in [2.75, 3.05) is 0 Å². The topological polar surface area (TPSA) is 78.4 Å². The Balaban J connectivity index is 2.02. The second kappa shape index (κ2) is 6.61. The Labute approximate surface area is 124 Å². The van der Waals surface area contributed by atoms with Crippen molar-refractivity contribution in [3.8, 4) is 0 Å². The number of hydrogen-bond donors (Lipinski definition) is 3. The number of rotatable bonds is 4. The van der Waals surface area contributed by atoms with Gasteiger partial charge in [0.2, 0.25) is 0 Å². The third kappa shape index (κ3) is 3.74. The summed E-state index contributed by atoms with van der Waals surface area (Å²) in [4.78, 5) is 23.2. The molecule has 1 aliphatic carbocycles. The Morgan fingerprint density at radius 2 is 2.00 bits per heavy atom. The molecule has 0 radical (unpaired) electrons. The number of benzene rings is 1. The van der Waals surface area contributed by atoms with E-state index in [2.05, 4.69) is 16.7 Å². The molecule has 2 atom stereocenters. The van der Waals surface area contributed by atoms with Gasteiger partial charge in [-0.15, -0.1) is 0 Å². The third-order valence-corrected chi connectivity index (χ3v) is 3.89. The SMILES string of the molecule is CC(C)[C@H](NC(=O)NC1CCCc2ccccc21)C(=O)O. The van der Waals surface area contributed by atoms with Gasteiger partial charge < -0.3 is 15.7 Å². The van der Waals surface area contributed by atoms with Crippen LogP contribution in [-0.2, 0) is 11.2 Å². The van der Waals surface area contributed by atoms with Crippen molar-refractivity contribution in [3.05, 3.63) is 35.4 Å². The number of carbonyl (C=O) groups excluding carboxylic acids is 1. The monoisotopic (exact) mass is 290 g/mol. The first-order valence-corrected chi connectivity index (χ1v) is 7.36. The minimum atomic E-state index is -1.01. The van der Waals surface area contributed by atoms with Crippen LogP contribution in [0.3, 0.4) is 0 Å². The molecule has 0 saturated heterocycles. The van der Waals surface area contributed by atoms with Crippen LogP contribution in [0.4, 0.5) is 4.79 Å². The molecule has 114 valence electrons.